The Kier molecular flexibility index (Phi) is 6.08. The number of nitrogens with zero attached hydrogens (tertiary/aromatic N) is 3. The lowest BCUT2D eigenvalue weighted by Crippen LogP contribution is -2.17. The zero-order chi connectivity index (χ0) is 20.3. The summed E-state index contributed by atoms with van der Waals surface area (Å²) in [4.78, 5) is 23.2. The fourth-order valence-electron chi connectivity index (χ4n) is 2.27. The van der Waals surface area contributed by atoms with Crippen molar-refractivity contribution in [2.24, 2.45) is 5.73 Å². The summed E-state index contributed by atoms with van der Waals surface area (Å²) in [5, 5.41) is 12.0. The number of hydrogen-bond acceptors (Lipinski definition) is 6. The van der Waals surface area contributed by atoms with Gasteiger partial charge in [-0.25, -0.2) is 4.68 Å². The van der Waals surface area contributed by atoms with Gasteiger partial charge in [0.05, 0.1) is 10.8 Å². The highest BCUT2D eigenvalue weighted by atomic mass is 35.5. The van der Waals surface area contributed by atoms with Gasteiger partial charge in [-0.2, -0.15) is 0 Å². The van der Waals surface area contributed by atoms with E-state index in [4.69, 9.17) is 34.8 Å². The maximum absolute atomic E-state index is 12.1. The van der Waals surface area contributed by atoms with Crippen molar-refractivity contribution >= 4 is 52.5 Å². The SMILES string of the molecule is NC(=O)c1ccc(NC(=O)CSc2nnc(-c3cc(Cl)ccc3Cl)n2N)cc1. The minimum Gasteiger partial charge on any atom is -0.366 e. The van der Waals surface area contributed by atoms with Crippen molar-refractivity contribution in [2.75, 3.05) is 16.9 Å². The maximum atomic E-state index is 12.1. The van der Waals surface area contributed by atoms with Crippen LogP contribution < -0.4 is 16.9 Å². The molecule has 0 aliphatic rings. The Morgan fingerprint density at radius 2 is 1.82 bits per heavy atom. The fraction of sp³-hybridized carbons (Fsp3) is 0.0588. The van der Waals surface area contributed by atoms with Gasteiger partial charge in [0.2, 0.25) is 17.0 Å². The number of amides is 2. The molecule has 0 aliphatic carbocycles. The number of nitrogens with two attached hydrogens (primary N) is 2. The van der Waals surface area contributed by atoms with Crippen LogP contribution in [0.1, 0.15) is 10.4 Å². The number of halogens is 2. The number of rotatable bonds is 6. The molecule has 3 rings (SSSR count). The maximum Gasteiger partial charge on any atom is 0.248 e. The van der Waals surface area contributed by atoms with Gasteiger partial charge in [0.1, 0.15) is 0 Å². The molecule has 1 heterocycles. The molecule has 0 saturated heterocycles. The van der Waals surface area contributed by atoms with Crippen LogP contribution in [0.25, 0.3) is 11.4 Å². The molecule has 2 aromatic carbocycles. The first-order valence-electron chi connectivity index (χ1n) is 7.83. The van der Waals surface area contributed by atoms with Gasteiger partial charge in [-0.05, 0) is 42.5 Å². The van der Waals surface area contributed by atoms with E-state index in [9.17, 15) is 9.59 Å². The van der Waals surface area contributed by atoms with Gasteiger partial charge in [0, 0.05) is 21.8 Å². The van der Waals surface area contributed by atoms with Crippen LogP contribution in [0, 0.1) is 0 Å². The molecule has 8 nitrogen and oxygen atoms in total. The van der Waals surface area contributed by atoms with Crippen molar-refractivity contribution in [3.63, 3.8) is 0 Å². The third-order valence-electron chi connectivity index (χ3n) is 3.62. The number of aromatic nitrogens is 3. The molecule has 0 bridgehead atoms. The number of nitrogen functional groups attached to an aromatic ring is 1. The van der Waals surface area contributed by atoms with Crippen LogP contribution in [0.15, 0.2) is 47.6 Å². The zero-order valence-electron chi connectivity index (χ0n) is 14.2. The lowest BCUT2D eigenvalue weighted by Gasteiger charge is -2.07. The molecule has 28 heavy (non-hydrogen) atoms. The summed E-state index contributed by atoms with van der Waals surface area (Å²) in [7, 11) is 0. The van der Waals surface area contributed by atoms with Crippen molar-refractivity contribution in [3.05, 3.63) is 58.1 Å². The molecule has 5 N–H and O–H groups in total. The zero-order valence-corrected chi connectivity index (χ0v) is 16.6. The number of thioether (sulfide) groups is 1. The summed E-state index contributed by atoms with van der Waals surface area (Å²) in [5.41, 5.74) is 6.61. The number of benzene rings is 2. The van der Waals surface area contributed by atoms with E-state index < -0.39 is 5.91 Å². The van der Waals surface area contributed by atoms with Gasteiger partial charge in [0.15, 0.2) is 5.82 Å². The summed E-state index contributed by atoms with van der Waals surface area (Å²) in [5.74, 6) is 5.60. The van der Waals surface area contributed by atoms with Gasteiger partial charge in [-0.3, -0.25) is 9.59 Å². The minimum atomic E-state index is -0.536. The van der Waals surface area contributed by atoms with Crippen LogP contribution >= 0.6 is 35.0 Å². The van der Waals surface area contributed by atoms with E-state index in [-0.39, 0.29) is 11.7 Å². The van der Waals surface area contributed by atoms with Crippen molar-refractivity contribution in [1.29, 1.82) is 0 Å². The molecule has 3 aromatic rings. The first-order valence-corrected chi connectivity index (χ1v) is 9.57. The number of anilines is 1. The van der Waals surface area contributed by atoms with Crippen LogP contribution in [-0.2, 0) is 4.79 Å². The Labute approximate surface area is 174 Å². The number of primary amides is 1. The quantitative estimate of drug-likeness (QED) is 0.402. The second-order valence-corrected chi connectivity index (χ2v) is 7.36. The fourth-order valence-corrected chi connectivity index (χ4v) is 3.30. The van der Waals surface area contributed by atoms with E-state index in [1.807, 2.05) is 0 Å². The summed E-state index contributed by atoms with van der Waals surface area (Å²) in [6.07, 6.45) is 0. The summed E-state index contributed by atoms with van der Waals surface area (Å²) < 4.78 is 1.25. The van der Waals surface area contributed by atoms with Gasteiger partial charge in [-0.1, -0.05) is 35.0 Å². The minimum absolute atomic E-state index is 0.0518. The van der Waals surface area contributed by atoms with Crippen molar-refractivity contribution in [2.45, 2.75) is 5.16 Å². The Balaban J connectivity index is 1.65. The second kappa shape index (κ2) is 8.51. The van der Waals surface area contributed by atoms with Crippen molar-refractivity contribution in [3.8, 4) is 11.4 Å². The van der Waals surface area contributed by atoms with E-state index in [0.29, 0.717) is 37.8 Å². The van der Waals surface area contributed by atoms with Gasteiger partial charge >= 0.3 is 0 Å². The average molecular weight is 437 g/mol. The molecule has 144 valence electrons. The lowest BCUT2D eigenvalue weighted by atomic mass is 10.2. The molecular weight excluding hydrogens is 423 g/mol. The molecule has 11 heteroatoms. The van der Waals surface area contributed by atoms with E-state index in [1.165, 1.54) is 16.8 Å². The van der Waals surface area contributed by atoms with Gasteiger partial charge in [0.25, 0.3) is 0 Å². The van der Waals surface area contributed by atoms with Crippen LogP contribution in [0.4, 0.5) is 5.69 Å². The number of nitrogens with one attached hydrogen (secondary N) is 1. The Morgan fingerprint density at radius 1 is 1.11 bits per heavy atom. The molecule has 0 saturated carbocycles. The number of carbonyl (C=O) groups is 2. The Hall–Kier alpha value is -2.75. The van der Waals surface area contributed by atoms with E-state index in [1.54, 1.807) is 30.3 Å². The normalized spacial score (nSPS) is 10.6. The lowest BCUT2D eigenvalue weighted by molar-refractivity contribution is -0.113. The highest BCUT2D eigenvalue weighted by molar-refractivity contribution is 7.99. The first-order chi connectivity index (χ1) is 13.3. The van der Waals surface area contributed by atoms with Crippen LogP contribution in [0.5, 0.6) is 0 Å². The Morgan fingerprint density at radius 3 is 2.50 bits per heavy atom. The van der Waals surface area contributed by atoms with Crippen LogP contribution in [0.2, 0.25) is 10.0 Å². The number of hydrogen-bond donors (Lipinski definition) is 3. The molecular formula is C17H14Cl2N6O2S. The molecule has 0 radical (unpaired) electrons. The second-order valence-electron chi connectivity index (χ2n) is 5.58. The molecule has 0 atom stereocenters. The number of carbonyl (C=O) groups excluding carboxylic acids is 2. The third-order valence-corrected chi connectivity index (χ3v) is 5.13. The van der Waals surface area contributed by atoms with Gasteiger partial charge in [-0.15, -0.1) is 10.2 Å². The smallest absolute Gasteiger partial charge is 0.248 e. The van der Waals surface area contributed by atoms with Crippen molar-refractivity contribution < 1.29 is 9.59 Å². The Bertz CT molecular complexity index is 1040. The van der Waals surface area contributed by atoms with Crippen molar-refractivity contribution in [1.82, 2.24) is 14.9 Å². The predicted molar refractivity (Wildman–Crippen MR) is 110 cm³/mol. The summed E-state index contributed by atoms with van der Waals surface area (Å²) >= 11 is 13.3. The molecule has 0 fully saturated rings. The third kappa shape index (κ3) is 4.56. The van der Waals surface area contributed by atoms with E-state index in [2.05, 4.69) is 15.5 Å². The molecule has 0 unspecified atom stereocenters. The summed E-state index contributed by atoms with van der Waals surface area (Å²) in [6.45, 7) is 0. The molecule has 2 amide bonds. The van der Waals surface area contributed by atoms with Gasteiger partial charge < -0.3 is 16.9 Å². The molecule has 0 spiro atoms. The van der Waals surface area contributed by atoms with Crippen LogP contribution in [-0.4, -0.2) is 32.4 Å². The molecule has 1 aromatic heterocycles. The highest BCUT2D eigenvalue weighted by Crippen LogP contribution is 2.30. The average Bonchev–Trinajstić information content (AvgIpc) is 3.03. The monoisotopic (exact) mass is 436 g/mol. The standard InChI is InChI=1S/C17H14Cl2N6O2S/c18-10-3-6-13(19)12(7-10)16-23-24-17(25(16)21)28-8-14(26)22-11-4-1-9(2-5-11)15(20)27/h1-7H,8,21H2,(H2,20,27)(H,22,26). The summed E-state index contributed by atoms with van der Waals surface area (Å²) in [6, 6.07) is 11.2. The van der Waals surface area contributed by atoms with E-state index in [0.717, 1.165) is 11.8 Å². The topological polar surface area (TPSA) is 129 Å². The molecule has 0 aliphatic heterocycles. The largest absolute Gasteiger partial charge is 0.366 e. The first kappa shape index (κ1) is 20.0. The highest BCUT2D eigenvalue weighted by Gasteiger charge is 2.16. The predicted octanol–water partition coefficient (Wildman–Crippen LogP) is 2.80. The van der Waals surface area contributed by atoms with Crippen LogP contribution in [0.3, 0.4) is 0 Å². The van der Waals surface area contributed by atoms with E-state index >= 15 is 0 Å².